The van der Waals surface area contributed by atoms with Crippen molar-refractivity contribution in [2.75, 3.05) is 13.2 Å². The van der Waals surface area contributed by atoms with Crippen molar-refractivity contribution in [2.24, 2.45) is 0 Å². The molecule has 16 heavy (non-hydrogen) atoms. The Kier molecular flexibility index (Phi) is 4.77. The number of pyridine rings is 1. The Morgan fingerprint density at radius 3 is 2.94 bits per heavy atom. The third kappa shape index (κ3) is 3.91. The summed E-state index contributed by atoms with van der Waals surface area (Å²) in [6.45, 7) is 2.73. The summed E-state index contributed by atoms with van der Waals surface area (Å²) in [5.74, 6) is 0. The van der Waals surface area contributed by atoms with E-state index in [2.05, 4.69) is 10.3 Å². The van der Waals surface area contributed by atoms with Crippen LogP contribution in [0.1, 0.15) is 31.2 Å². The molecule has 88 valence electrons. The van der Waals surface area contributed by atoms with E-state index < -0.39 is 0 Å². The largest absolute Gasteiger partial charge is 0.377 e. The van der Waals surface area contributed by atoms with Crippen LogP contribution >= 0.6 is 0 Å². The molecule has 1 aromatic heterocycles. The van der Waals surface area contributed by atoms with Gasteiger partial charge in [0.05, 0.1) is 6.61 Å². The standard InChI is InChI=1S/C13H20N2O/c1-2-7-15-13(3-1)6-10-16-11-12-4-8-14-9-5-12/h4-5,8-9,13,15H,1-3,6-7,10-11H2. The minimum atomic E-state index is 0.672. The summed E-state index contributed by atoms with van der Waals surface area (Å²) < 4.78 is 5.65. The molecule has 1 aromatic rings. The fourth-order valence-corrected chi connectivity index (χ4v) is 2.07. The molecule has 0 aliphatic carbocycles. The van der Waals surface area contributed by atoms with Gasteiger partial charge in [-0.05, 0) is 43.5 Å². The predicted octanol–water partition coefficient (Wildman–Crippen LogP) is 2.13. The fraction of sp³-hybridized carbons (Fsp3) is 0.615. The molecule has 1 N–H and O–H groups in total. The smallest absolute Gasteiger partial charge is 0.0717 e. The van der Waals surface area contributed by atoms with Gasteiger partial charge in [0.25, 0.3) is 0 Å². The number of aromatic nitrogens is 1. The van der Waals surface area contributed by atoms with E-state index in [1.807, 2.05) is 12.1 Å². The molecule has 2 rings (SSSR count). The van der Waals surface area contributed by atoms with Crippen LogP contribution in [0.5, 0.6) is 0 Å². The van der Waals surface area contributed by atoms with Gasteiger partial charge >= 0.3 is 0 Å². The van der Waals surface area contributed by atoms with Crippen molar-refractivity contribution in [3.05, 3.63) is 30.1 Å². The van der Waals surface area contributed by atoms with E-state index in [4.69, 9.17) is 4.74 Å². The molecule has 1 aliphatic heterocycles. The first-order chi connectivity index (χ1) is 7.95. The van der Waals surface area contributed by atoms with Crippen LogP contribution in [0.15, 0.2) is 24.5 Å². The molecular formula is C13H20N2O. The Morgan fingerprint density at radius 2 is 2.19 bits per heavy atom. The molecule has 1 fully saturated rings. The topological polar surface area (TPSA) is 34.1 Å². The molecule has 0 amide bonds. The van der Waals surface area contributed by atoms with E-state index in [9.17, 15) is 0 Å². The first-order valence-electron chi connectivity index (χ1n) is 6.15. The van der Waals surface area contributed by atoms with Crippen LogP contribution in [-0.4, -0.2) is 24.2 Å². The molecule has 1 atom stereocenters. The monoisotopic (exact) mass is 220 g/mol. The molecule has 0 aromatic carbocycles. The highest BCUT2D eigenvalue weighted by atomic mass is 16.5. The zero-order valence-corrected chi connectivity index (χ0v) is 9.69. The Hall–Kier alpha value is -0.930. The van der Waals surface area contributed by atoms with Crippen LogP contribution in [0.4, 0.5) is 0 Å². The van der Waals surface area contributed by atoms with Crippen molar-refractivity contribution in [1.29, 1.82) is 0 Å². The normalized spacial score (nSPS) is 20.9. The molecule has 1 aliphatic rings. The van der Waals surface area contributed by atoms with E-state index in [1.54, 1.807) is 12.4 Å². The summed E-state index contributed by atoms with van der Waals surface area (Å²) in [6, 6.07) is 4.67. The van der Waals surface area contributed by atoms with E-state index >= 15 is 0 Å². The van der Waals surface area contributed by atoms with Crippen molar-refractivity contribution < 1.29 is 4.74 Å². The molecular weight excluding hydrogens is 200 g/mol. The predicted molar refractivity (Wildman–Crippen MR) is 64.2 cm³/mol. The van der Waals surface area contributed by atoms with Crippen LogP contribution in [0, 0.1) is 0 Å². The van der Waals surface area contributed by atoms with Crippen LogP contribution in [0.25, 0.3) is 0 Å². The van der Waals surface area contributed by atoms with Gasteiger partial charge in [-0.15, -0.1) is 0 Å². The number of hydrogen-bond acceptors (Lipinski definition) is 3. The molecule has 1 unspecified atom stereocenters. The van der Waals surface area contributed by atoms with Gasteiger partial charge in [-0.1, -0.05) is 6.42 Å². The van der Waals surface area contributed by atoms with Gasteiger partial charge in [-0.25, -0.2) is 0 Å². The molecule has 3 nitrogen and oxygen atoms in total. The second-order valence-corrected chi connectivity index (χ2v) is 4.34. The molecule has 0 spiro atoms. The van der Waals surface area contributed by atoms with E-state index in [0.29, 0.717) is 12.6 Å². The Morgan fingerprint density at radius 1 is 1.31 bits per heavy atom. The van der Waals surface area contributed by atoms with Crippen LogP contribution in [0.2, 0.25) is 0 Å². The SMILES string of the molecule is c1cc(COCCC2CCCCN2)ccn1. The second-order valence-electron chi connectivity index (χ2n) is 4.34. The number of nitrogens with zero attached hydrogens (tertiary/aromatic N) is 1. The summed E-state index contributed by atoms with van der Waals surface area (Å²) in [7, 11) is 0. The average Bonchev–Trinajstić information content (AvgIpc) is 2.37. The Labute approximate surface area is 97.2 Å². The number of piperidine rings is 1. The highest BCUT2D eigenvalue weighted by Gasteiger charge is 2.11. The fourth-order valence-electron chi connectivity index (χ4n) is 2.07. The van der Waals surface area contributed by atoms with Gasteiger partial charge in [0.15, 0.2) is 0 Å². The van der Waals surface area contributed by atoms with Crippen molar-refractivity contribution >= 4 is 0 Å². The molecule has 3 heteroatoms. The summed E-state index contributed by atoms with van der Waals surface area (Å²) in [6.07, 6.45) is 8.74. The Bertz CT molecular complexity index is 283. The summed E-state index contributed by atoms with van der Waals surface area (Å²) in [4.78, 5) is 3.98. The average molecular weight is 220 g/mol. The van der Waals surface area contributed by atoms with Gasteiger partial charge in [0.2, 0.25) is 0 Å². The van der Waals surface area contributed by atoms with Gasteiger partial charge < -0.3 is 10.1 Å². The molecule has 0 radical (unpaired) electrons. The van der Waals surface area contributed by atoms with Crippen molar-refractivity contribution in [3.63, 3.8) is 0 Å². The van der Waals surface area contributed by atoms with Crippen molar-refractivity contribution in [3.8, 4) is 0 Å². The number of nitrogens with one attached hydrogen (secondary N) is 1. The minimum Gasteiger partial charge on any atom is -0.377 e. The van der Waals surface area contributed by atoms with Crippen molar-refractivity contribution in [2.45, 2.75) is 38.3 Å². The zero-order valence-electron chi connectivity index (χ0n) is 9.69. The van der Waals surface area contributed by atoms with E-state index in [0.717, 1.165) is 13.0 Å². The van der Waals surface area contributed by atoms with Gasteiger partial charge in [-0.2, -0.15) is 0 Å². The first-order valence-corrected chi connectivity index (χ1v) is 6.15. The quantitative estimate of drug-likeness (QED) is 0.772. The lowest BCUT2D eigenvalue weighted by molar-refractivity contribution is 0.108. The molecule has 0 bridgehead atoms. The van der Waals surface area contributed by atoms with Gasteiger partial charge in [-0.3, -0.25) is 4.98 Å². The lowest BCUT2D eigenvalue weighted by Crippen LogP contribution is -2.34. The van der Waals surface area contributed by atoms with E-state index in [1.165, 1.54) is 31.4 Å². The maximum absolute atomic E-state index is 5.65. The maximum atomic E-state index is 5.65. The lowest BCUT2D eigenvalue weighted by atomic mass is 10.0. The first kappa shape index (κ1) is 11.6. The third-order valence-corrected chi connectivity index (χ3v) is 3.04. The highest BCUT2D eigenvalue weighted by Crippen LogP contribution is 2.10. The van der Waals surface area contributed by atoms with Gasteiger partial charge in [0.1, 0.15) is 0 Å². The summed E-state index contributed by atoms with van der Waals surface area (Å²) >= 11 is 0. The number of hydrogen-bond donors (Lipinski definition) is 1. The lowest BCUT2D eigenvalue weighted by Gasteiger charge is -2.23. The van der Waals surface area contributed by atoms with Crippen LogP contribution in [-0.2, 0) is 11.3 Å². The van der Waals surface area contributed by atoms with Crippen LogP contribution in [0.3, 0.4) is 0 Å². The van der Waals surface area contributed by atoms with Crippen molar-refractivity contribution in [1.82, 2.24) is 10.3 Å². The zero-order chi connectivity index (χ0) is 11.1. The van der Waals surface area contributed by atoms with Crippen LogP contribution < -0.4 is 5.32 Å². The summed E-state index contributed by atoms with van der Waals surface area (Å²) in [5, 5.41) is 3.53. The second kappa shape index (κ2) is 6.61. The number of rotatable bonds is 5. The minimum absolute atomic E-state index is 0.672. The highest BCUT2D eigenvalue weighted by molar-refractivity contribution is 5.07. The number of ether oxygens (including phenoxy) is 1. The summed E-state index contributed by atoms with van der Waals surface area (Å²) in [5.41, 5.74) is 1.20. The third-order valence-electron chi connectivity index (χ3n) is 3.04. The van der Waals surface area contributed by atoms with Gasteiger partial charge in [0, 0.05) is 25.0 Å². The molecule has 0 saturated carbocycles. The van der Waals surface area contributed by atoms with E-state index in [-0.39, 0.29) is 0 Å². The molecule has 1 saturated heterocycles. The maximum Gasteiger partial charge on any atom is 0.0717 e. The Balaban J connectivity index is 1.58. The molecule has 2 heterocycles.